The summed E-state index contributed by atoms with van der Waals surface area (Å²) in [6, 6.07) is -0.137. The molecule has 2 aliphatic heterocycles. The first kappa shape index (κ1) is 15.2. The molecule has 0 spiro atoms. The number of rotatable bonds is 2. The van der Waals surface area contributed by atoms with Crippen molar-refractivity contribution < 1.29 is 18.3 Å². The molecule has 2 amide bonds. The summed E-state index contributed by atoms with van der Waals surface area (Å²) in [6.45, 7) is 4.18. The Morgan fingerprint density at radius 1 is 1.40 bits per heavy atom. The number of hydrogen-bond donors (Lipinski definition) is 1. The fourth-order valence-electron chi connectivity index (χ4n) is 2.79. The summed E-state index contributed by atoms with van der Waals surface area (Å²) in [5.41, 5.74) is 0.187. The summed E-state index contributed by atoms with van der Waals surface area (Å²) < 4.78 is 30.3. The van der Waals surface area contributed by atoms with Gasteiger partial charge in [-0.05, 0) is 44.1 Å². The number of amides is 2. The molecule has 2 saturated heterocycles. The van der Waals surface area contributed by atoms with E-state index in [0.29, 0.717) is 25.6 Å². The number of halogens is 2. The first-order chi connectivity index (χ1) is 9.56. The van der Waals surface area contributed by atoms with Crippen LogP contribution in [0, 0.1) is 5.92 Å². The minimum Gasteiger partial charge on any atom is -0.378 e. The highest BCUT2D eigenvalue weighted by atomic mass is 19.3. The number of carbonyl (C=O) groups is 1. The Balaban J connectivity index is 1.72. The van der Waals surface area contributed by atoms with Crippen LogP contribution in [0.25, 0.3) is 0 Å². The van der Waals surface area contributed by atoms with Crippen LogP contribution in [0.2, 0.25) is 0 Å². The predicted molar refractivity (Wildman–Crippen MR) is 71.6 cm³/mol. The molecule has 0 aromatic heterocycles. The zero-order chi connectivity index (χ0) is 14.5. The molecule has 2 aliphatic rings. The van der Waals surface area contributed by atoms with Crippen LogP contribution in [0.5, 0.6) is 0 Å². The third-order valence-electron chi connectivity index (χ3n) is 4.06. The second-order valence-corrected chi connectivity index (χ2v) is 5.61. The van der Waals surface area contributed by atoms with E-state index in [1.165, 1.54) is 0 Å². The SMILES string of the molecule is CC1CC(CNC(=O)N2CCC(=C(F)F)CC2)CCO1. The topological polar surface area (TPSA) is 41.6 Å². The van der Waals surface area contributed by atoms with Crippen LogP contribution < -0.4 is 5.32 Å². The first-order valence-electron chi connectivity index (χ1n) is 7.23. The van der Waals surface area contributed by atoms with Crippen molar-refractivity contribution in [2.75, 3.05) is 26.2 Å². The number of likely N-dealkylation sites (tertiary alicyclic amines) is 1. The quantitative estimate of drug-likeness (QED) is 0.849. The van der Waals surface area contributed by atoms with Gasteiger partial charge in [0.2, 0.25) is 0 Å². The van der Waals surface area contributed by atoms with Gasteiger partial charge in [-0.1, -0.05) is 0 Å². The summed E-state index contributed by atoms with van der Waals surface area (Å²) in [4.78, 5) is 13.6. The van der Waals surface area contributed by atoms with Gasteiger partial charge in [-0.25, -0.2) is 4.79 Å². The minimum absolute atomic E-state index is 0.137. The number of carbonyl (C=O) groups excluding carboxylic acids is 1. The van der Waals surface area contributed by atoms with Crippen LogP contribution in [-0.2, 0) is 4.74 Å². The van der Waals surface area contributed by atoms with Gasteiger partial charge >= 0.3 is 6.03 Å². The van der Waals surface area contributed by atoms with E-state index < -0.39 is 6.08 Å². The van der Waals surface area contributed by atoms with Crippen LogP contribution in [0.1, 0.15) is 32.6 Å². The lowest BCUT2D eigenvalue weighted by atomic mass is 9.96. The summed E-state index contributed by atoms with van der Waals surface area (Å²) in [7, 11) is 0. The Labute approximate surface area is 118 Å². The van der Waals surface area contributed by atoms with E-state index in [1.807, 2.05) is 6.92 Å². The summed E-state index contributed by atoms with van der Waals surface area (Å²) in [5, 5.41) is 2.91. The molecule has 2 heterocycles. The molecule has 4 nitrogen and oxygen atoms in total. The average Bonchev–Trinajstić information content (AvgIpc) is 2.45. The number of hydrogen-bond acceptors (Lipinski definition) is 2. The molecule has 2 rings (SSSR count). The van der Waals surface area contributed by atoms with Crippen LogP contribution in [0.3, 0.4) is 0 Å². The maximum atomic E-state index is 12.4. The molecule has 114 valence electrons. The van der Waals surface area contributed by atoms with Crippen molar-refractivity contribution >= 4 is 6.03 Å². The van der Waals surface area contributed by atoms with E-state index in [2.05, 4.69) is 5.32 Å². The maximum absolute atomic E-state index is 12.4. The van der Waals surface area contributed by atoms with E-state index in [0.717, 1.165) is 19.4 Å². The molecule has 0 aliphatic carbocycles. The highest BCUT2D eigenvalue weighted by Gasteiger charge is 2.23. The van der Waals surface area contributed by atoms with Gasteiger partial charge < -0.3 is 15.0 Å². The van der Waals surface area contributed by atoms with Gasteiger partial charge in [0.1, 0.15) is 0 Å². The van der Waals surface area contributed by atoms with Gasteiger partial charge in [0.25, 0.3) is 6.08 Å². The standard InChI is InChI=1S/C14H22F2N2O2/c1-10-8-11(4-7-20-10)9-17-14(19)18-5-2-12(3-6-18)13(15)16/h10-11H,2-9H2,1H3,(H,17,19). The smallest absolute Gasteiger partial charge is 0.317 e. The van der Waals surface area contributed by atoms with Gasteiger partial charge in [-0.2, -0.15) is 8.78 Å². The van der Waals surface area contributed by atoms with E-state index in [-0.39, 0.29) is 30.5 Å². The Morgan fingerprint density at radius 3 is 2.70 bits per heavy atom. The second kappa shape index (κ2) is 7.02. The lowest BCUT2D eigenvalue weighted by Crippen LogP contribution is -2.45. The summed E-state index contributed by atoms with van der Waals surface area (Å²) >= 11 is 0. The fraction of sp³-hybridized carbons (Fsp3) is 0.786. The molecule has 6 heteroatoms. The van der Waals surface area contributed by atoms with Crippen LogP contribution >= 0.6 is 0 Å². The lowest BCUT2D eigenvalue weighted by Gasteiger charge is -2.30. The maximum Gasteiger partial charge on any atom is 0.317 e. The third kappa shape index (κ3) is 4.16. The van der Waals surface area contributed by atoms with Gasteiger partial charge in [0.15, 0.2) is 0 Å². The van der Waals surface area contributed by atoms with Gasteiger partial charge in [0.05, 0.1) is 6.10 Å². The molecule has 0 saturated carbocycles. The van der Waals surface area contributed by atoms with Crippen LogP contribution in [0.4, 0.5) is 13.6 Å². The highest BCUT2D eigenvalue weighted by Crippen LogP contribution is 2.22. The van der Waals surface area contributed by atoms with E-state index in [1.54, 1.807) is 4.90 Å². The van der Waals surface area contributed by atoms with E-state index >= 15 is 0 Å². The van der Waals surface area contributed by atoms with Gasteiger partial charge in [-0.15, -0.1) is 0 Å². The molecular weight excluding hydrogens is 266 g/mol. The molecule has 2 unspecified atom stereocenters. The monoisotopic (exact) mass is 288 g/mol. The summed E-state index contributed by atoms with van der Waals surface area (Å²) in [6.07, 6.45) is 1.15. The number of urea groups is 1. The Morgan fingerprint density at radius 2 is 2.10 bits per heavy atom. The van der Waals surface area contributed by atoms with E-state index in [9.17, 15) is 13.6 Å². The van der Waals surface area contributed by atoms with Gasteiger partial charge in [-0.3, -0.25) is 0 Å². The van der Waals surface area contributed by atoms with Crippen molar-refractivity contribution in [2.24, 2.45) is 5.92 Å². The molecule has 0 aromatic rings. The first-order valence-corrected chi connectivity index (χ1v) is 7.23. The lowest BCUT2D eigenvalue weighted by molar-refractivity contribution is 0.00322. The Bertz CT molecular complexity index is 373. The largest absolute Gasteiger partial charge is 0.378 e. The van der Waals surface area contributed by atoms with Crippen molar-refractivity contribution in [3.05, 3.63) is 11.7 Å². The Hall–Kier alpha value is -1.17. The Kier molecular flexibility index (Phi) is 5.34. The number of piperidine rings is 1. The van der Waals surface area contributed by atoms with Crippen molar-refractivity contribution in [3.8, 4) is 0 Å². The molecule has 0 aromatic carbocycles. The predicted octanol–water partition coefficient (Wildman–Crippen LogP) is 2.76. The van der Waals surface area contributed by atoms with Crippen molar-refractivity contribution in [1.82, 2.24) is 10.2 Å². The van der Waals surface area contributed by atoms with Crippen LogP contribution in [-0.4, -0.2) is 43.3 Å². The summed E-state index contributed by atoms with van der Waals surface area (Å²) in [5.74, 6) is 0.450. The second-order valence-electron chi connectivity index (χ2n) is 5.61. The van der Waals surface area contributed by atoms with Gasteiger partial charge in [0, 0.05) is 26.2 Å². The highest BCUT2D eigenvalue weighted by molar-refractivity contribution is 5.74. The number of ether oxygens (including phenoxy) is 1. The molecule has 0 bridgehead atoms. The number of nitrogens with zero attached hydrogens (tertiary/aromatic N) is 1. The van der Waals surface area contributed by atoms with Crippen molar-refractivity contribution in [3.63, 3.8) is 0 Å². The van der Waals surface area contributed by atoms with Crippen molar-refractivity contribution in [1.29, 1.82) is 0 Å². The molecule has 2 fully saturated rings. The zero-order valence-electron chi connectivity index (χ0n) is 11.8. The zero-order valence-corrected chi connectivity index (χ0v) is 11.8. The molecule has 1 N–H and O–H groups in total. The van der Waals surface area contributed by atoms with Crippen molar-refractivity contribution in [2.45, 2.75) is 38.7 Å². The molecular formula is C14H22F2N2O2. The normalized spacial score (nSPS) is 27.4. The van der Waals surface area contributed by atoms with E-state index in [4.69, 9.17) is 4.74 Å². The molecule has 20 heavy (non-hydrogen) atoms. The molecule has 0 radical (unpaired) electrons. The van der Waals surface area contributed by atoms with Crippen LogP contribution in [0.15, 0.2) is 11.7 Å². The fourth-order valence-corrected chi connectivity index (χ4v) is 2.79. The minimum atomic E-state index is -1.58. The molecule has 2 atom stereocenters. The average molecular weight is 288 g/mol. The number of nitrogens with one attached hydrogen (secondary N) is 1. The third-order valence-corrected chi connectivity index (χ3v) is 4.06.